The number of hydrogen-bond donors (Lipinski definition) is 1. The summed E-state index contributed by atoms with van der Waals surface area (Å²) in [4.78, 5) is 58.1. The van der Waals surface area contributed by atoms with Gasteiger partial charge < -0.3 is 10.0 Å². The number of urea groups is 1. The number of anilines is 2. The van der Waals surface area contributed by atoms with Crippen LogP contribution in [-0.4, -0.2) is 68.0 Å². The third kappa shape index (κ3) is 5.25. The number of likely N-dealkylation sites (tertiary alicyclic amines) is 1. The third-order valence-corrected chi connectivity index (χ3v) is 8.44. The van der Waals surface area contributed by atoms with Crippen molar-refractivity contribution in [1.29, 1.82) is 0 Å². The standard InChI is InChI=1S/C33H32N6O4/c1-22-4-3-16-35-28(22)13-17-37-18-14-33(15-19-37)31(42)38(32(43)39(33)29-21-34-20-23(2)36-29)27-11-9-25(10-12-27)24-5-7-26(8-6-24)30(40)41/h3-12,16,20-21H,13-15,17-19H2,1-2H3,(H,40,41). The number of hydrogen-bond acceptors (Lipinski definition) is 7. The van der Waals surface area contributed by atoms with E-state index in [0.717, 1.165) is 35.3 Å². The minimum Gasteiger partial charge on any atom is -0.478 e. The zero-order chi connectivity index (χ0) is 30.1. The number of carboxylic acids is 1. The number of rotatable bonds is 7. The highest BCUT2D eigenvalue weighted by Crippen LogP contribution is 2.42. The molecule has 2 aromatic heterocycles. The first-order chi connectivity index (χ1) is 20.8. The Kier molecular flexibility index (Phi) is 7.45. The predicted octanol–water partition coefficient (Wildman–Crippen LogP) is 4.90. The number of aromatic nitrogens is 3. The summed E-state index contributed by atoms with van der Waals surface area (Å²) >= 11 is 0. The summed E-state index contributed by atoms with van der Waals surface area (Å²) in [6, 6.07) is 17.3. The first-order valence-electron chi connectivity index (χ1n) is 14.3. The summed E-state index contributed by atoms with van der Waals surface area (Å²) in [6.07, 6.45) is 6.74. The van der Waals surface area contributed by atoms with Gasteiger partial charge in [-0.05, 0) is 73.7 Å². The van der Waals surface area contributed by atoms with E-state index >= 15 is 0 Å². The lowest BCUT2D eigenvalue weighted by atomic mass is 9.85. The van der Waals surface area contributed by atoms with Crippen LogP contribution in [0.1, 0.15) is 40.2 Å². The molecule has 2 fully saturated rings. The average Bonchev–Trinajstić information content (AvgIpc) is 3.22. The number of imide groups is 1. The Balaban J connectivity index is 1.26. The number of benzene rings is 2. The van der Waals surface area contributed by atoms with Gasteiger partial charge >= 0.3 is 12.0 Å². The number of carbonyl (C=O) groups excluding carboxylic acids is 2. The van der Waals surface area contributed by atoms with Crippen molar-refractivity contribution in [2.45, 2.75) is 38.6 Å². The summed E-state index contributed by atoms with van der Waals surface area (Å²) < 4.78 is 0. The van der Waals surface area contributed by atoms with Crippen molar-refractivity contribution in [3.63, 3.8) is 0 Å². The second kappa shape index (κ2) is 11.4. The lowest BCUT2D eigenvalue weighted by Crippen LogP contribution is -2.57. The van der Waals surface area contributed by atoms with Gasteiger partial charge in [0.25, 0.3) is 5.91 Å². The molecule has 0 atom stereocenters. The molecule has 0 saturated carbocycles. The van der Waals surface area contributed by atoms with Crippen LogP contribution in [0.3, 0.4) is 0 Å². The van der Waals surface area contributed by atoms with E-state index in [9.17, 15) is 19.5 Å². The van der Waals surface area contributed by atoms with Crippen LogP contribution in [0.5, 0.6) is 0 Å². The topological polar surface area (TPSA) is 120 Å². The van der Waals surface area contributed by atoms with Gasteiger partial charge in [0.2, 0.25) is 0 Å². The van der Waals surface area contributed by atoms with Crippen LogP contribution in [0.4, 0.5) is 16.3 Å². The van der Waals surface area contributed by atoms with Gasteiger partial charge in [-0.3, -0.25) is 19.7 Å². The molecule has 218 valence electrons. The Morgan fingerprint density at radius 2 is 1.60 bits per heavy atom. The summed E-state index contributed by atoms with van der Waals surface area (Å²) in [5.74, 6) is -0.882. The molecule has 2 aliphatic rings. The number of amides is 3. The number of piperidine rings is 1. The maximum Gasteiger partial charge on any atom is 0.338 e. The van der Waals surface area contributed by atoms with Gasteiger partial charge in [0.05, 0.1) is 23.1 Å². The second-order valence-corrected chi connectivity index (χ2v) is 11.1. The summed E-state index contributed by atoms with van der Waals surface area (Å²) in [7, 11) is 0. The van der Waals surface area contributed by atoms with E-state index in [-0.39, 0.29) is 11.5 Å². The zero-order valence-electron chi connectivity index (χ0n) is 24.1. The van der Waals surface area contributed by atoms with Gasteiger partial charge in [-0.1, -0.05) is 30.3 Å². The largest absolute Gasteiger partial charge is 0.478 e. The van der Waals surface area contributed by atoms with Gasteiger partial charge in [0.15, 0.2) is 5.82 Å². The third-order valence-electron chi connectivity index (χ3n) is 8.44. The van der Waals surface area contributed by atoms with Gasteiger partial charge in [-0.25, -0.2) is 19.5 Å². The lowest BCUT2D eigenvalue weighted by molar-refractivity contribution is -0.123. The van der Waals surface area contributed by atoms with Crippen LogP contribution in [0, 0.1) is 13.8 Å². The molecule has 2 saturated heterocycles. The van der Waals surface area contributed by atoms with Crippen LogP contribution in [-0.2, 0) is 11.2 Å². The maximum absolute atomic E-state index is 14.3. The quantitative estimate of drug-likeness (QED) is 0.309. The average molecular weight is 577 g/mol. The molecule has 10 heteroatoms. The fraction of sp³-hybridized carbons (Fsp3) is 0.273. The van der Waals surface area contributed by atoms with Crippen LogP contribution < -0.4 is 9.80 Å². The zero-order valence-corrected chi connectivity index (χ0v) is 24.1. The van der Waals surface area contributed by atoms with Crippen molar-refractivity contribution >= 4 is 29.4 Å². The molecule has 2 aromatic carbocycles. The molecule has 6 rings (SSSR count). The highest BCUT2D eigenvalue weighted by molar-refractivity contribution is 6.30. The monoisotopic (exact) mass is 576 g/mol. The number of pyridine rings is 1. The summed E-state index contributed by atoms with van der Waals surface area (Å²) in [5.41, 5.74) is 4.17. The molecule has 0 aliphatic carbocycles. The van der Waals surface area contributed by atoms with Crippen molar-refractivity contribution in [3.8, 4) is 11.1 Å². The first kappa shape index (κ1) is 28.2. The fourth-order valence-corrected chi connectivity index (χ4v) is 6.01. The molecular formula is C33H32N6O4. The van der Waals surface area contributed by atoms with Crippen LogP contribution in [0.25, 0.3) is 11.1 Å². The molecule has 0 radical (unpaired) electrons. The highest BCUT2D eigenvalue weighted by atomic mass is 16.4. The van der Waals surface area contributed by atoms with E-state index in [1.165, 1.54) is 4.90 Å². The molecule has 3 amide bonds. The summed E-state index contributed by atoms with van der Waals surface area (Å²) in [5, 5.41) is 9.19. The van der Waals surface area contributed by atoms with Crippen LogP contribution in [0.15, 0.2) is 79.3 Å². The molecule has 4 heterocycles. The number of nitrogens with zero attached hydrogens (tertiary/aromatic N) is 6. The fourth-order valence-electron chi connectivity index (χ4n) is 6.01. The number of aryl methyl sites for hydroxylation is 2. The Labute approximate surface area is 249 Å². The van der Waals surface area contributed by atoms with E-state index in [1.807, 2.05) is 31.3 Å². The van der Waals surface area contributed by atoms with Gasteiger partial charge in [-0.15, -0.1) is 0 Å². The molecule has 2 aliphatic heterocycles. The first-order valence-corrected chi connectivity index (χ1v) is 14.3. The Hall–Kier alpha value is -4.96. The van der Waals surface area contributed by atoms with Crippen molar-refractivity contribution in [3.05, 3.63) is 102 Å². The molecule has 4 aromatic rings. The Morgan fingerprint density at radius 1 is 0.930 bits per heavy atom. The van der Waals surface area contributed by atoms with Crippen molar-refractivity contribution in [2.75, 3.05) is 29.4 Å². The smallest absolute Gasteiger partial charge is 0.338 e. The van der Waals surface area contributed by atoms with Gasteiger partial charge in [0.1, 0.15) is 5.54 Å². The summed E-state index contributed by atoms with van der Waals surface area (Å²) in [6.45, 7) is 6.00. The normalized spacial score (nSPS) is 16.7. The maximum atomic E-state index is 14.3. The van der Waals surface area contributed by atoms with Gasteiger partial charge in [0, 0.05) is 44.1 Å². The number of carboxylic acid groups (broad SMARTS) is 1. The SMILES string of the molecule is Cc1cncc(N2C(=O)N(c3ccc(-c4ccc(C(=O)O)cc4)cc3)C(=O)C23CCN(CCc2ncccc2C)CC3)n1. The minimum absolute atomic E-state index is 0.205. The van der Waals surface area contributed by atoms with Crippen molar-refractivity contribution < 1.29 is 19.5 Å². The van der Waals surface area contributed by atoms with Crippen LogP contribution in [0.2, 0.25) is 0 Å². The van der Waals surface area contributed by atoms with E-state index in [1.54, 1.807) is 53.7 Å². The Morgan fingerprint density at radius 3 is 2.23 bits per heavy atom. The van der Waals surface area contributed by atoms with E-state index in [4.69, 9.17) is 0 Å². The molecule has 10 nitrogen and oxygen atoms in total. The van der Waals surface area contributed by atoms with E-state index in [0.29, 0.717) is 43.1 Å². The number of carbonyl (C=O) groups is 3. The van der Waals surface area contributed by atoms with E-state index in [2.05, 4.69) is 32.8 Å². The van der Waals surface area contributed by atoms with Crippen molar-refractivity contribution in [2.24, 2.45) is 0 Å². The highest BCUT2D eigenvalue weighted by Gasteiger charge is 2.59. The van der Waals surface area contributed by atoms with Crippen molar-refractivity contribution in [1.82, 2.24) is 19.9 Å². The lowest BCUT2D eigenvalue weighted by Gasteiger charge is -2.41. The Bertz CT molecular complexity index is 1680. The van der Waals surface area contributed by atoms with Crippen LogP contribution >= 0.6 is 0 Å². The second-order valence-electron chi connectivity index (χ2n) is 11.1. The molecule has 0 unspecified atom stereocenters. The molecule has 43 heavy (non-hydrogen) atoms. The van der Waals surface area contributed by atoms with E-state index < -0.39 is 17.5 Å². The molecule has 0 bridgehead atoms. The predicted molar refractivity (Wildman–Crippen MR) is 162 cm³/mol. The van der Waals surface area contributed by atoms with Gasteiger partial charge in [-0.2, -0.15) is 0 Å². The number of aromatic carboxylic acids is 1. The molecular weight excluding hydrogens is 544 g/mol. The molecule has 1 spiro atoms. The molecule has 1 N–H and O–H groups in total. The minimum atomic E-state index is -1.07.